The number of aliphatic hydroxyl groups is 2. The summed E-state index contributed by atoms with van der Waals surface area (Å²) in [6.45, 7) is 2.71. The van der Waals surface area contributed by atoms with Crippen LogP contribution in [-0.2, 0) is 6.61 Å². The zero-order valence-corrected chi connectivity index (χ0v) is 9.67. The fourth-order valence-electron chi connectivity index (χ4n) is 1.66. The third-order valence-electron chi connectivity index (χ3n) is 2.55. The van der Waals surface area contributed by atoms with E-state index in [2.05, 4.69) is 0 Å². The highest BCUT2D eigenvalue weighted by atomic mass is 16.6. The second-order valence-corrected chi connectivity index (χ2v) is 3.53. The first-order valence-electron chi connectivity index (χ1n) is 5.38. The Kier molecular flexibility index (Phi) is 4.86. The van der Waals surface area contributed by atoms with Gasteiger partial charge in [0, 0.05) is 24.8 Å². The number of aliphatic hydroxyl groups excluding tert-OH is 2. The molecule has 1 aromatic carbocycles. The molecule has 0 aromatic heterocycles. The molecule has 0 aliphatic rings. The van der Waals surface area contributed by atoms with Crippen LogP contribution in [0, 0.1) is 10.1 Å². The molecule has 0 aliphatic heterocycles. The molecule has 0 heterocycles. The van der Waals surface area contributed by atoms with Gasteiger partial charge >= 0.3 is 0 Å². The average Bonchev–Trinajstić information content (AvgIpc) is 2.34. The van der Waals surface area contributed by atoms with E-state index in [0.29, 0.717) is 13.1 Å². The molecule has 0 unspecified atom stereocenters. The maximum absolute atomic E-state index is 10.7. The molecule has 0 saturated heterocycles. The quantitative estimate of drug-likeness (QED) is 0.570. The minimum Gasteiger partial charge on any atom is -0.395 e. The van der Waals surface area contributed by atoms with E-state index in [1.54, 1.807) is 12.1 Å². The summed E-state index contributed by atoms with van der Waals surface area (Å²) in [7, 11) is 0. The number of nitrogens with zero attached hydrogens (tertiary/aromatic N) is 2. The van der Waals surface area contributed by atoms with E-state index in [1.807, 2.05) is 11.8 Å². The highest BCUT2D eigenvalue weighted by molar-refractivity contribution is 5.55. The van der Waals surface area contributed by atoms with E-state index in [0.717, 1.165) is 5.69 Å². The fourth-order valence-corrected chi connectivity index (χ4v) is 1.66. The monoisotopic (exact) mass is 240 g/mol. The van der Waals surface area contributed by atoms with E-state index in [4.69, 9.17) is 10.2 Å². The Morgan fingerprint density at radius 2 is 2.12 bits per heavy atom. The highest BCUT2D eigenvalue weighted by Gasteiger charge is 2.15. The van der Waals surface area contributed by atoms with Gasteiger partial charge in [-0.05, 0) is 19.1 Å². The molecular weight excluding hydrogens is 224 g/mol. The lowest BCUT2D eigenvalue weighted by Gasteiger charge is -2.22. The van der Waals surface area contributed by atoms with Gasteiger partial charge in [-0.15, -0.1) is 0 Å². The number of hydrogen-bond donors (Lipinski definition) is 2. The van der Waals surface area contributed by atoms with E-state index < -0.39 is 4.92 Å². The van der Waals surface area contributed by atoms with Crippen LogP contribution in [0.1, 0.15) is 12.5 Å². The molecule has 0 spiro atoms. The van der Waals surface area contributed by atoms with Gasteiger partial charge in [-0.3, -0.25) is 10.1 Å². The van der Waals surface area contributed by atoms with Gasteiger partial charge in [0.2, 0.25) is 0 Å². The average molecular weight is 240 g/mol. The summed E-state index contributed by atoms with van der Waals surface area (Å²) in [4.78, 5) is 12.1. The number of anilines is 1. The van der Waals surface area contributed by atoms with Crippen LogP contribution < -0.4 is 4.90 Å². The summed E-state index contributed by atoms with van der Waals surface area (Å²) in [5.74, 6) is 0. The highest BCUT2D eigenvalue weighted by Crippen LogP contribution is 2.24. The number of likely N-dealkylation sites (N-methyl/N-ethyl adjacent to an activating group) is 1. The van der Waals surface area contributed by atoms with Crippen molar-refractivity contribution in [3.63, 3.8) is 0 Å². The van der Waals surface area contributed by atoms with Crippen LogP contribution in [0.4, 0.5) is 11.4 Å². The predicted molar refractivity (Wildman–Crippen MR) is 64.0 cm³/mol. The second-order valence-electron chi connectivity index (χ2n) is 3.53. The van der Waals surface area contributed by atoms with E-state index in [1.165, 1.54) is 6.07 Å². The molecule has 6 heteroatoms. The van der Waals surface area contributed by atoms with E-state index in [-0.39, 0.29) is 24.5 Å². The van der Waals surface area contributed by atoms with Crippen molar-refractivity contribution in [1.29, 1.82) is 0 Å². The Morgan fingerprint density at radius 1 is 1.41 bits per heavy atom. The van der Waals surface area contributed by atoms with Crippen LogP contribution in [0.15, 0.2) is 18.2 Å². The third-order valence-corrected chi connectivity index (χ3v) is 2.55. The fraction of sp³-hybridized carbons (Fsp3) is 0.455. The van der Waals surface area contributed by atoms with Crippen molar-refractivity contribution < 1.29 is 15.1 Å². The van der Waals surface area contributed by atoms with Gasteiger partial charge in [-0.25, -0.2) is 0 Å². The molecule has 0 bridgehead atoms. The van der Waals surface area contributed by atoms with Gasteiger partial charge in [-0.2, -0.15) is 0 Å². The van der Waals surface area contributed by atoms with Crippen LogP contribution in [0.2, 0.25) is 0 Å². The molecule has 0 aliphatic carbocycles. The van der Waals surface area contributed by atoms with Crippen molar-refractivity contribution in [2.45, 2.75) is 13.5 Å². The number of rotatable bonds is 6. The van der Waals surface area contributed by atoms with E-state index >= 15 is 0 Å². The zero-order chi connectivity index (χ0) is 12.8. The standard InChI is InChI=1S/C11H16N2O4/c1-2-12(5-6-14)10-3-4-11(13(16)17)9(7-10)8-15/h3-4,7,14-15H,2,5-6,8H2,1H3. The summed E-state index contributed by atoms with van der Waals surface area (Å²) in [5, 5.41) is 28.7. The summed E-state index contributed by atoms with van der Waals surface area (Å²) < 4.78 is 0. The number of nitro groups is 1. The molecule has 0 radical (unpaired) electrons. The van der Waals surface area contributed by atoms with Crippen molar-refractivity contribution in [1.82, 2.24) is 0 Å². The van der Waals surface area contributed by atoms with Gasteiger partial charge in [0.1, 0.15) is 0 Å². The molecule has 0 saturated carbocycles. The first-order chi connectivity index (χ1) is 8.13. The van der Waals surface area contributed by atoms with Gasteiger partial charge < -0.3 is 15.1 Å². The Balaban J connectivity index is 3.07. The van der Waals surface area contributed by atoms with Gasteiger partial charge in [0.25, 0.3) is 5.69 Å². The van der Waals surface area contributed by atoms with Crippen molar-refractivity contribution >= 4 is 11.4 Å². The van der Waals surface area contributed by atoms with Gasteiger partial charge in [0.05, 0.1) is 23.7 Å². The Morgan fingerprint density at radius 3 is 2.59 bits per heavy atom. The van der Waals surface area contributed by atoms with Crippen molar-refractivity contribution in [3.05, 3.63) is 33.9 Å². The topological polar surface area (TPSA) is 86.8 Å². The van der Waals surface area contributed by atoms with Gasteiger partial charge in [0.15, 0.2) is 0 Å². The minimum absolute atomic E-state index is 0.0132. The van der Waals surface area contributed by atoms with Crippen LogP contribution in [0.3, 0.4) is 0 Å². The number of benzene rings is 1. The first-order valence-corrected chi connectivity index (χ1v) is 5.38. The Bertz CT molecular complexity index is 395. The molecule has 6 nitrogen and oxygen atoms in total. The molecule has 94 valence electrons. The predicted octanol–water partition coefficient (Wildman–Crippen LogP) is 0.906. The summed E-state index contributed by atoms with van der Waals surface area (Å²) in [6.07, 6.45) is 0. The number of hydrogen-bond acceptors (Lipinski definition) is 5. The molecule has 0 amide bonds. The van der Waals surface area contributed by atoms with Crippen LogP contribution in [0.5, 0.6) is 0 Å². The maximum Gasteiger partial charge on any atom is 0.275 e. The second kappa shape index (κ2) is 6.17. The van der Waals surface area contributed by atoms with Crippen molar-refractivity contribution in [2.24, 2.45) is 0 Å². The summed E-state index contributed by atoms with van der Waals surface area (Å²) in [6, 6.07) is 4.58. The molecule has 0 fully saturated rings. The number of nitro benzene ring substituents is 1. The lowest BCUT2D eigenvalue weighted by Crippen LogP contribution is -2.26. The minimum atomic E-state index is -0.516. The van der Waals surface area contributed by atoms with Crippen LogP contribution >= 0.6 is 0 Å². The Hall–Kier alpha value is -1.66. The molecule has 0 atom stereocenters. The van der Waals surface area contributed by atoms with E-state index in [9.17, 15) is 10.1 Å². The zero-order valence-electron chi connectivity index (χ0n) is 9.67. The smallest absolute Gasteiger partial charge is 0.275 e. The lowest BCUT2D eigenvalue weighted by atomic mass is 10.1. The lowest BCUT2D eigenvalue weighted by molar-refractivity contribution is -0.385. The van der Waals surface area contributed by atoms with Crippen LogP contribution in [0.25, 0.3) is 0 Å². The summed E-state index contributed by atoms with van der Waals surface area (Å²) >= 11 is 0. The molecule has 2 N–H and O–H groups in total. The molecule has 1 aromatic rings. The van der Waals surface area contributed by atoms with Crippen molar-refractivity contribution in [3.8, 4) is 0 Å². The normalized spacial score (nSPS) is 10.3. The van der Waals surface area contributed by atoms with Crippen LogP contribution in [-0.4, -0.2) is 34.8 Å². The first kappa shape index (κ1) is 13.4. The van der Waals surface area contributed by atoms with Gasteiger partial charge in [-0.1, -0.05) is 0 Å². The Labute approximate surface area is 99.3 Å². The maximum atomic E-state index is 10.7. The SMILES string of the molecule is CCN(CCO)c1ccc([N+](=O)[O-])c(CO)c1. The molecule has 17 heavy (non-hydrogen) atoms. The third kappa shape index (κ3) is 3.15. The largest absolute Gasteiger partial charge is 0.395 e. The van der Waals surface area contributed by atoms with Crippen molar-refractivity contribution in [2.75, 3.05) is 24.6 Å². The summed E-state index contributed by atoms with van der Waals surface area (Å²) in [5.41, 5.74) is 0.955. The molecular formula is C11H16N2O4. The molecule has 1 rings (SSSR count).